The Morgan fingerprint density at radius 1 is 1.35 bits per heavy atom. The van der Waals surface area contributed by atoms with Gasteiger partial charge in [-0.1, -0.05) is 0 Å². The highest BCUT2D eigenvalue weighted by molar-refractivity contribution is 14.1. The fraction of sp³-hybridized carbons (Fsp3) is 0.222. The van der Waals surface area contributed by atoms with Gasteiger partial charge in [0.1, 0.15) is 6.04 Å². The zero-order chi connectivity index (χ0) is 13.1. The number of carbonyl (C=O) groups is 1. The van der Waals surface area contributed by atoms with E-state index in [9.17, 15) is 13.2 Å². The van der Waals surface area contributed by atoms with Crippen LogP contribution in [0, 0.1) is 3.57 Å². The first kappa shape index (κ1) is 14.4. The van der Waals surface area contributed by atoms with Crippen LogP contribution in [-0.2, 0) is 14.8 Å². The average molecular weight is 370 g/mol. The molecule has 0 saturated carbocycles. The van der Waals surface area contributed by atoms with E-state index in [4.69, 9.17) is 5.21 Å². The minimum atomic E-state index is -3.76. The van der Waals surface area contributed by atoms with Crippen molar-refractivity contribution in [2.75, 3.05) is 0 Å². The van der Waals surface area contributed by atoms with Gasteiger partial charge in [0.15, 0.2) is 0 Å². The molecule has 0 aromatic heterocycles. The van der Waals surface area contributed by atoms with Gasteiger partial charge in [0.05, 0.1) is 4.90 Å². The molecule has 6 nitrogen and oxygen atoms in total. The fourth-order valence-corrected chi connectivity index (χ4v) is 2.63. The minimum Gasteiger partial charge on any atom is -0.289 e. The van der Waals surface area contributed by atoms with Crippen LogP contribution < -0.4 is 10.2 Å². The van der Waals surface area contributed by atoms with E-state index in [2.05, 4.69) is 27.3 Å². The Kier molecular flexibility index (Phi) is 4.86. The molecule has 94 valence electrons. The highest BCUT2D eigenvalue weighted by Gasteiger charge is 2.21. The van der Waals surface area contributed by atoms with E-state index in [1.807, 2.05) is 0 Å². The molecule has 1 aromatic rings. The number of benzene rings is 1. The van der Waals surface area contributed by atoms with Gasteiger partial charge >= 0.3 is 0 Å². The number of rotatable bonds is 4. The molecule has 0 heterocycles. The first-order valence-corrected chi connectivity index (χ1v) is 7.15. The van der Waals surface area contributed by atoms with Gasteiger partial charge < -0.3 is 0 Å². The molecular formula is C9H11IN2O4S. The SMILES string of the molecule is CC(NS(=O)(=O)c1ccc(I)cc1)C(=O)NO. The first-order valence-electron chi connectivity index (χ1n) is 4.58. The normalized spacial score (nSPS) is 13.1. The summed E-state index contributed by atoms with van der Waals surface area (Å²) in [6.07, 6.45) is 0. The van der Waals surface area contributed by atoms with E-state index >= 15 is 0 Å². The molecule has 0 fully saturated rings. The monoisotopic (exact) mass is 370 g/mol. The van der Waals surface area contributed by atoms with Gasteiger partial charge in [-0.05, 0) is 53.8 Å². The Morgan fingerprint density at radius 3 is 2.35 bits per heavy atom. The van der Waals surface area contributed by atoms with Crippen molar-refractivity contribution >= 4 is 38.5 Å². The van der Waals surface area contributed by atoms with Crippen LogP contribution in [0.4, 0.5) is 0 Å². The Bertz CT molecular complexity index is 500. The second kappa shape index (κ2) is 5.76. The summed E-state index contributed by atoms with van der Waals surface area (Å²) >= 11 is 2.05. The summed E-state index contributed by atoms with van der Waals surface area (Å²) in [6, 6.07) is 5.11. The third kappa shape index (κ3) is 3.91. The molecule has 1 amide bonds. The van der Waals surface area contributed by atoms with Crippen LogP contribution in [0.5, 0.6) is 0 Å². The van der Waals surface area contributed by atoms with Crippen LogP contribution in [0.25, 0.3) is 0 Å². The maximum absolute atomic E-state index is 11.8. The number of hydroxylamine groups is 1. The van der Waals surface area contributed by atoms with Crippen LogP contribution in [0.3, 0.4) is 0 Å². The highest BCUT2D eigenvalue weighted by atomic mass is 127. The van der Waals surface area contributed by atoms with E-state index in [1.54, 1.807) is 12.1 Å². The van der Waals surface area contributed by atoms with E-state index in [0.29, 0.717) is 0 Å². The predicted octanol–water partition coefficient (Wildman–Crippen LogP) is 0.463. The Balaban J connectivity index is 2.89. The lowest BCUT2D eigenvalue weighted by Gasteiger charge is -2.12. The van der Waals surface area contributed by atoms with Gasteiger partial charge in [-0.25, -0.2) is 13.9 Å². The lowest BCUT2D eigenvalue weighted by Crippen LogP contribution is -2.43. The second-order valence-corrected chi connectivity index (χ2v) is 6.23. The van der Waals surface area contributed by atoms with Crippen LogP contribution in [0.2, 0.25) is 0 Å². The van der Waals surface area contributed by atoms with Crippen molar-refractivity contribution in [1.29, 1.82) is 0 Å². The molecule has 0 aliphatic carbocycles. The van der Waals surface area contributed by atoms with E-state index < -0.39 is 22.0 Å². The summed E-state index contributed by atoms with van der Waals surface area (Å²) in [4.78, 5) is 11.1. The van der Waals surface area contributed by atoms with E-state index in [1.165, 1.54) is 24.5 Å². The summed E-state index contributed by atoms with van der Waals surface area (Å²) in [6.45, 7) is 1.33. The molecule has 17 heavy (non-hydrogen) atoms. The van der Waals surface area contributed by atoms with Crippen molar-refractivity contribution in [3.8, 4) is 0 Å². The molecule has 0 aliphatic heterocycles. The van der Waals surface area contributed by atoms with Crippen LogP contribution in [0.1, 0.15) is 6.92 Å². The quantitative estimate of drug-likeness (QED) is 0.408. The summed E-state index contributed by atoms with van der Waals surface area (Å²) in [5, 5.41) is 8.37. The second-order valence-electron chi connectivity index (χ2n) is 3.27. The van der Waals surface area contributed by atoms with Crippen LogP contribution in [-0.4, -0.2) is 25.6 Å². The van der Waals surface area contributed by atoms with Gasteiger partial charge in [0, 0.05) is 3.57 Å². The predicted molar refractivity (Wildman–Crippen MR) is 68.9 cm³/mol. The number of sulfonamides is 1. The molecular weight excluding hydrogens is 359 g/mol. The van der Waals surface area contributed by atoms with Gasteiger partial charge in [0.25, 0.3) is 5.91 Å². The van der Waals surface area contributed by atoms with Crippen molar-refractivity contribution < 1.29 is 18.4 Å². The molecule has 1 rings (SSSR count). The molecule has 1 aromatic carbocycles. The maximum atomic E-state index is 11.8. The van der Waals surface area contributed by atoms with Crippen molar-refractivity contribution in [2.24, 2.45) is 0 Å². The summed E-state index contributed by atoms with van der Waals surface area (Å²) < 4.78 is 26.6. The number of amides is 1. The topological polar surface area (TPSA) is 95.5 Å². The van der Waals surface area contributed by atoms with Crippen molar-refractivity contribution in [1.82, 2.24) is 10.2 Å². The maximum Gasteiger partial charge on any atom is 0.261 e. The van der Waals surface area contributed by atoms with E-state index in [-0.39, 0.29) is 4.90 Å². The zero-order valence-electron chi connectivity index (χ0n) is 8.84. The summed E-state index contributed by atoms with van der Waals surface area (Å²) in [7, 11) is -3.76. The zero-order valence-corrected chi connectivity index (χ0v) is 11.8. The number of hydrogen-bond donors (Lipinski definition) is 3. The van der Waals surface area contributed by atoms with E-state index in [0.717, 1.165) is 3.57 Å². The third-order valence-corrected chi connectivity index (χ3v) is 4.24. The lowest BCUT2D eigenvalue weighted by molar-refractivity contribution is -0.130. The summed E-state index contributed by atoms with van der Waals surface area (Å²) in [5.41, 5.74) is 1.38. The highest BCUT2D eigenvalue weighted by Crippen LogP contribution is 2.12. The number of carbonyl (C=O) groups excluding carboxylic acids is 1. The van der Waals surface area contributed by atoms with Crippen molar-refractivity contribution in [2.45, 2.75) is 17.9 Å². The van der Waals surface area contributed by atoms with Crippen molar-refractivity contribution in [3.05, 3.63) is 27.8 Å². The Labute approximate surface area is 113 Å². The fourth-order valence-electron chi connectivity index (χ4n) is 1.06. The van der Waals surface area contributed by atoms with Gasteiger partial charge in [0.2, 0.25) is 10.0 Å². The number of nitrogens with one attached hydrogen (secondary N) is 2. The molecule has 8 heteroatoms. The Morgan fingerprint density at radius 2 is 1.88 bits per heavy atom. The standard InChI is InChI=1S/C9H11IN2O4S/c1-6(9(13)11-14)12-17(15,16)8-4-2-7(10)3-5-8/h2-6,12,14H,1H3,(H,11,13). The smallest absolute Gasteiger partial charge is 0.261 e. The van der Waals surface area contributed by atoms with Crippen LogP contribution in [0.15, 0.2) is 29.2 Å². The molecule has 0 radical (unpaired) electrons. The minimum absolute atomic E-state index is 0.0653. The first-order chi connectivity index (χ1) is 7.86. The molecule has 0 bridgehead atoms. The molecule has 3 N–H and O–H groups in total. The molecule has 0 spiro atoms. The average Bonchev–Trinajstić information content (AvgIpc) is 2.27. The number of halogens is 1. The van der Waals surface area contributed by atoms with Gasteiger partial charge in [-0.15, -0.1) is 0 Å². The molecule has 0 aliphatic rings. The lowest BCUT2D eigenvalue weighted by atomic mass is 10.4. The van der Waals surface area contributed by atoms with Crippen molar-refractivity contribution in [3.63, 3.8) is 0 Å². The van der Waals surface area contributed by atoms with Gasteiger partial charge in [-0.3, -0.25) is 10.0 Å². The largest absolute Gasteiger partial charge is 0.289 e. The number of hydrogen-bond acceptors (Lipinski definition) is 4. The third-order valence-electron chi connectivity index (χ3n) is 1.96. The van der Waals surface area contributed by atoms with Crippen LogP contribution >= 0.6 is 22.6 Å². The summed E-state index contributed by atoms with van der Waals surface area (Å²) in [5.74, 6) is -0.820. The molecule has 1 unspecified atom stereocenters. The Hall–Kier alpha value is -0.710. The molecule has 1 atom stereocenters. The molecule has 0 saturated heterocycles. The van der Waals surface area contributed by atoms with Gasteiger partial charge in [-0.2, -0.15) is 4.72 Å².